The van der Waals surface area contributed by atoms with Gasteiger partial charge in [0.15, 0.2) is 0 Å². The third kappa shape index (κ3) is 2.10. The summed E-state index contributed by atoms with van der Waals surface area (Å²) in [6.45, 7) is 0. The number of anilines is 1. The Bertz CT molecular complexity index is 1170. The van der Waals surface area contributed by atoms with Crippen molar-refractivity contribution in [3.8, 4) is 5.75 Å². The molecular weight excluding hydrogens is 522 g/mol. The van der Waals surface area contributed by atoms with Crippen molar-refractivity contribution < 1.29 is 14.3 Å². The van der Waals surface area contributed by atoms with Crippen LogP contribution in [-0.4, -0.2) is 18.9 Å². The Labute approximate surface area is 196 Å². The third-order valence-corrected chi connectivity index (χ3v) is 9.61. The van der Waals surface area contributed by atoms with Gasteiger partial charge in [0.2, 0.25) is 11.8 Å². The van der Waals surface area contributed by atoms with Crippen molar-refractivity contribution in [2.75, 3.05) is 12.0 Å². The van der Waals surface area contributed by atoms with E-state index in [0.29, 0.717) is 11.4 Å². The maximum Gasteiger partial charge on any atom is 0.240 e. The van der Waals surface area contributed by atoms with E-state index in [1.54, 1.807) is 19.2 Å². The van der Waals surface area contributed by atoms with Crippen LogP contribution in [0.4, 0.5) is 5.69 Å². The van der Waals surface area contributed by atoms with Gasteiger partial charge >= 0.3 is 0 Å². The van der Waals surface area contributed by atoms with Gasteiger partial charge in [-0.25, -0.2) is 4.90 Å². The fourth-order valence-corrected chi connectivity index (χ4v) is 8.02. The van der Waals surface area contributed by atoms with E-state index in [0.717, 1.165) is 22.3 Å². The average molecular weight is 539 g/mol. The molecule has 0 spiro atoms. The molecule has 0 aromatic heterocycles. The third-order valence-electron chi connectivity index (χ3n) is 6.91. The van der Waals surface area contributed by atoms with Crippen LogP contribution in [0, 0.1) is 11.8 Å². The Morgan fingerprint density at radius 2 is 1.10 bits per heavy atom. The molecule has 2 unspecified atom stereocenters. The van der Waals surface area contributed by atoms with Crippen molar-refractivity contribution in [1.29, 1.82) is 0 Å². The van der Waals surface area contributed by atoms with Crippen LogP contribution in [0.15, 0.2) is 72.8 Å². The number of hydrogen-bond donors (Lipinski definition) is 0. The van der Waals surface area contributed by atoms with Crippen molar-refractivity contribution in [2.24, 2.45) is 11.8 Å². The first-order valence-corrected chi connectivity index (χ1v) is 11.6. The summed E-state index contributed by atoms with van der Waals surface area (Å²) in [6, 6.07) is 23.3. The van der Waals surface area contributed by atoms with E-state index in [-0.39, 0.29) is 11.8 Å². The van der Waals surface area contributed by atoms with Gasteiger partial charge in [0.1, 0.15) is 5.75 Å². The molecule has 0 saturated carbocycles. The van der Waals surface area contributed by atoms with E-state index in [1.165, 1.54) is 4.90 Å². The second-order valence-corrected chi connectivity index (χ2v) is 10.7. The van der Waals surface area contributed by atoms with Crippen LogP contribution in [0.5, 0.6) is 5.75 Å². The lowest BCUT2D eigenvalue weighted by atomic mass is 9.54. The molecule has 3 aliphatic carbocycles. The molecule has 4 nitrogen and oxygen atoms in total. The number of carbonyl (C=O) groups excluding carboxylic acids is 2. The minimum Gasteiger partial charge on any atom is -0.495 e. The number of benzene rings is 3. The first-order chi connectivity index (χ1) is 15.0. The number of imide groups is 1. The molecule has 1 aliphatic heterocycles. The monoisotopic (exact) mass is 537 g/mol. The average Bonchev–Trinajstić information content (AvgIpc) is 3.08. The predicted molar refractivity (Wildman–Crippen MR) is 125 cm³/mol. The van der Waals surface area contributed by atoms with Crippen molar-refractivity contribution >= 4 is 49.4 Å². The number of nitrogens with zero attached hydrogens (tertiary/aromatic N) is 1. The Morgan fingerprint density at radius 3 is 1.52 bits per heavy atom. The molecule has 2 bridgehead atoms. The number of ether oxygens (including phenoxy) is 1. The molecule has 2 atom stereocenters. The normalized spacial score (nSPS) is 30.1. The molecule has 0 N–H and O–H groups in total. The molecule has 3 aromatic carbocycles. The van der Waals surface area contributed by atoms with Crippen LogP contribution in [0.3, 0.4) is 0 Å². The molecular formula is C25H17Br2NO3. The second-order valence-electron chi connectivity index (χ2n) is 8.15. The molecule has 6 heteroatoms. The Hall–Kier alpha value is -2.44. The molecule has 3 aromatic rings. The van der Waals surface area contributed by atoms with Crippen molar-refractivity contribution in [1.82, 2.24) is 0 Å². The number of para-hydroxylation sites is 2. The Morgan fingerprint density at radius 1 is 0.710 bits per heavy atom. The molecule has 7 rings (SSSR count). The fourth-order valence-electron chi connectivity index (χ4n) is 5.72. The van der Waals surface area contributed by atoms with Crippen LogP contribution in [0.1, 0.15) is 22.3 Å². The number of carbonyl (C=O) groups is 2. The summed E-state index contributed by atoms with van der Waals surface area (Å²) >= 11 is 8.03. The maximum absolute atomic E-state index is 14.0. The minimum absolute atomic E-state index is 0.218. The van der Waals surface area contributed by atoms with Gasteiger partial charge in [-0.15, -0.1) is 0 Å². The zero-order valence-corrected chi connectivity index (χ0v) is 19.7. The first-order valence-electron chi connectivity index (χ1n) is 10.0. The lowest BCUT2D eigenvalue weighted by Crippen LogP contribution is -2.56. The van der Waals surface area contributed by atoms with Crippen molar-refractivity contribution in [3.05, 3.63) is 95.1 Å². The maximum atomic E-state index is 14.0. The van der Waals surface area contributed by atoms with E-state index >= 15 is 0 Å². The van der Waals surface area contributed by atoms with Gasteiger partial charge in [0, 0.05) is 0 Å². The van der Waals surface area contributed by atoms with Gasteiger partial charge in [-0.2, -0.15) is 0 Å². The highest BCUT2D eigenvalue weighted by Gasteiger charge is 2.72. The van der Waals surface area contributed by atoms with Gasteiger partial charge in [-0.1, -0.05) is 92.5 Å². The lowest BCUT2D eigenvalue weighted by molar-refractivity contribution is -0.122. The molecule has 1 fully saturated rings. The van der Waals surface area contributed by atoms with Crippen LogP contribution >= 0.6 is 31.9 Å². The van der Waals surface area contributed by atoms with E-state index in [4.69, 9.17) is 4.74 Å². The molecule has 154 valence electrons. The smallest absolute Gasteiger partial charge is 0.240 e. The van der Waals surface area contributed by atoms with E-state index in [9.17, 15) is 9.59 Å². The van der Waals surface area contributed by atoms with Gasteiger partial charge in [-0.05, 0) is 34.4 Å². The molecule has 1 saturated heterocycles. The van der Waals surface area contributed by atoms with Gasteiger partial charge in [0.25, 0.3) is 0 Å². The summed E-state index contributed by atoms with van der Waals surface area (Å²) in [5, 5.41) is 0. The van der Waals surface area contributed by atoms with Crippen molar-refractivity contribution in [2.45, 2.75) is 8.65 Å². The van der Waals surface area contributed by atoms with E-state index < -0.39 is 20.5 Å². The molecule has 4 aliphatic rings. The van der Waals surface area contributed by atoms with Crippen molar-refractivity contribution in [3.63, 3.8) is 0 Å². The number of rotatable bonds is 2. The SMILES string of the molecule is COc1ccccc1N1C(=O)C2C(C1=O)C1(Br)c3ccccc3C2(Br)c2ccccc21. The predicted octanol–water partition coefficient (Wildman–Crippen LogP) is 5.11. The van der Waals surface area contributed by atoms with E-state index in [1.807, 2.05) is 36.4 Å². The number of hydrogen-bond acceptors (Lipinski definition) is 3. The number of halogens is 2. The molecule has 0 radical (unpaired) electrons. The van der Waals surface area contributed by atoms with Gasteiger partial charge in [-0.3, -0.25) is 9.59 Å². The summed E-state index contributed by atoms with van der Waals surface area (Å²) in [6.07, 6.45) is 0. The van der Waals surface area contributed by atoms with Crippen LogP contribution in [0.2, 0.25) is 0 Å². The van der Waals surface area contributed by atoms with Gasteiger partial charge < -0.3 is 4.74 Å². The lowest BCUT2D eigenvalue weighted by Gasteiger charge is -2.55. The summed E-state index contributed by atoms with van der Waals surface area (Å²) in [7, 11) is 1.55. The largest absolute Gasteiger partial charge is 0.495 e. The highest BCUT2D eigenvalue weighted by Crippen LogP contribution is 2.71. The van der Waals surface area contributed by atoms with Gasteiger partial charge in [0.05, 0.1) is 33.3 Å². The minimum atomic E-state index is -0.788. The zero-order chi connectivity index (χ0) is 21.5. The zero-order valence-electron chi connectivity index (χ0n) is 16.5. The Balaban J connectivity index is 1.66. The molecule has 2 amide bonds. The van der Waals surface area contributed by atoms with Crippen LogP contribution < -0.4 is 9.64 Å². The van der Waals surface area contributed by atoms with E-state index in [2.05, 4.69) is 56.1 Å². The second kappa shape index (κ2) is 6.30. The topological polar surface area (TPSA) is 46.6 Å². The first kappa shape index (κ1) is 19.3. The number of alkyl halides is 2. The highest BCUT2D eigenvalue weighted by atomic mass is 79.9. The Kier molecular flexibility index (Phi) is 3.91. The molecule has 1 heterocycles. The molecule has 31 heavy (non-hydrogen) atoms. The van der Waals surface area contributed by atoms with Crippen LogP contribution in [-0.2, 0) is 18.2 Å². The summed E-state index contributed by atoms with van der Waals surface area (Å²) < 4.78 is 3.91. The highest BCUT2D eigenvalue weighted by molar-refractivity contribution is 9.10. The number of amides is 2. The van der Waals surface area contributed by atoms with Crippen LogP contribution in [0.25, 0.3) is 0 Å². The summed E-state index contributed by atoms with van der Waals surface area (Å²) in [5.41, 5.74) is 4.57. The summed E-state index contributed by atoms with van der Waals surface area (Å²) in [5.74, 6) is -1.12. The standard InChI is InChI=1S/C25H17Br2NO3/c1-31-19-13-7-6-12-18(19)28-22(29)20-21(23(28)30)25(27)15-9-3-2-8-14(15)24(20,26)16-10-4-5-11-17(16)25/h2-13,20-21H,1H3. The quantitative estimate of drug-likeness (QED) is 0.336. The number of methoxy groups -OCH3 is 1. The fraction of sp³-hybridized carbons (Fsp3) is 0.200. The summed E-state index contributed by atoms with van der Waals surface area (Å²) in [4.78, 5) is 29.3.